The average Bonchev–Trinajstić information content (AvgIpc) is 3.03. The molecule has 0 bridgehead atoms. The summed E-state index contributed by atoms with van der Waals surface area (Å²) in [5.41, 5.74) is 0.187. The largest absolute Gasteiger partial charge is 0.348 e. The monoisotopic (exact) mass is 416 g/mol. The molecule has 0 saturated heterocycles. The standard InChI is InChI=1S/C24H24N4O3/c1-16(18-11-10-17-7-4-5-8-19(17)13-18)26-22(29)15-28-23(30)20(14-25)21-9-3-2-6-12-27(21)24(28)31/h4-5,7-8,10-11,13,16H,2-3,6,9,12,15H2,1H3,(H,26,29)/t16-/m1/s1. The van der Waals surface area contributed by atoms with Crippen molar-refractivity contribution in [3.63, 3.8) is 0 Å². The van der Waals surface area contributed by atoms with Crippen LogP contribution in [-0.2, 0) is 24.3 Å². The van der Waals surface area contributed by atoms with Crippen LogP contribution in [0.4, 0.5) is 0 Å². The van der Waals surface area contributed by atoms with Crippen LogP contribution in [0.15, 0.2) is 52.1 Å². The lowest BCUT2D eigenvalue weighted by Gasteiger charge is -2.17. The molecule has 1 atom stereocenters. The van der Waals surface area contributed by atoms with Crippen molar-refractivity contribution in [2.24, 2.45) is 0 Å². The lowest BCUT2D eigenvalue weighted by atomic mass is 10.0. The lowest BCUT2D eigenvalue weighted by Crippen LogP contribution is -2.46. The molecule has 1 aromatic heterocycles. The molecule has 2 aromatic carbocycles. The summed E-state index contributed by atoms with van der Waals surface area (Å²) in [4.78, 5) is 38.4. The van der Waals surface area contributed by atoms with E-state index in [1.54, 1.807) is 0 Å². The lowest BCUT2D eigenvalue weighted by molar-refractivity contribution is -0.122. The molecule has 0 aliphatic carbocycles. The molecule has 0 saturated carbocycles. The zero-order valence-corrected chi connectivity index (χ0v) is 17.4. The zero-order valence-electron chi connectivity index (χ0n) is 17.4. The number of nitriles is 1. The maximum atomic E-state index is 12.9. The Morgan fingerprint density at radius 1 is 1.13 bits per heavy atom. The van der Waals surface area contributed by atoms with Gasteiger partial charge >= 0.3 is 5.69 Å². The highest BCUT2D eigenvalue weighted by molar-refractivity contribution is 5.83. The van der Waals surface area contributed by atoms with Crippen LogP contribution in [0.1, 0.15) is 49.0 Å². The summed E-state index contributed by atoms with van der Waals surface area (Å²) in [6, 6.07) is 15.6. The van der Waals surface area contributed by atoms with Crippen LogP contribution in [0.5, 0.6) is 0 Å². The van der Waals surface area contributed by atoms with Crippen molar-refractivity contribution in [3.8, 4) is 6.07 Å². The maximum Gasteiger partial charge on any atom is 0.331 e. The fourth-order valence-electron chi connectivity index (χ4n) is 4.21. The first-order chi connectivity index (χ1) is 15.0. The number of aromatic nitrogens is 2. The molecule has 1 aliphatic heterocycles. The second-order valence-electron chi connectivity index (χ2n) is 7.97. The third-order valence-electron chi connectivity index (χ3n) is 5.90. The molecule has 1 N–H and O–H groups in total. The van der Waals surface area contributed by atoms with E-state index in [0.717, 1.165) is 40.2 Å². The van der Waals surface area contributed by atoms with Crippen LogP contribution in [0, 0.1) is 11.3 Å². The molecule has 0 unspecified atom stereocenters. The van der Waals surface area contributed by atoms with Gasteiger partial charge in [0.25, 0.3) is 5.56 Å². The van der Waals surface area contributed by atoms with Gasteiger partial charge in [0.15, 0.2) is 0 Å². The second kappa shape index (κ2) is 8.60. The van der Waals surface area contributed by atoms with E-state index in [1.165, 1.54) is 4.57 Å². The zero-order chi connectivity index (χ0) is 22.0. The molecule has 4 rings (SSSR count). The molecule has 2 heterocycles. The first-order valence-corrected chi connectivity index (χ1v) is 10.5. The number of nitrogens with one attached hydrogen (secondary N) is 1. The van der Waals surface area contributed by atoms with Gasteiger partial charge in [-0.3, -0.25) is 14.2 Å². The summed E-state index contributed by atoms with van der Waals surface area (Å²) in [6.07, 6.45) is 3.10. The van der Waals surface area contributed by atoms with Crippen molar-refractivity contribution in [1.82, 2.24) is 14.5 Å². The average molecular weight is 416 g/mol. The quantitative estimate of drug-likeness (QED) is 0.707. The van der Waals surface area contributed by atoms with Gasteiger partial charge in [0.1, 0.15) is 18.2 Å². The number of hydrogen-bond acceptors (Lipinski definition) is 4. The van der Waals surface area contributed by atoms with E-state index in [2.05, 4.69) is 5.32 Å². The number of carbonyl (C=O) groups excluding carboxylic acids is 1. The predicted octanol–water partition coefficient (Wildman–Crippen LogP) is 2.64. The van der Waals surface area contributed by atoms with Crippen molar-refractivity contribution < 1.29 is 4.79 Å². The van der Waals surface area contributed by atoms with Crippen molar-refractivity contribution in [2.45, 2.75) is 51.7 Å². The van der Waals surface area contributed by atoms with Gasteiger partial charge in [0.05, 0.1) is 6.04 Å². The van der Waals surface area contributed by atoms with Crippen LogP contribution in [-0.4, -0.2) is 15.0 Å². The molecule has 7 nitrogen and oxygen atoms in total. The van der Waals surface area contributed by atoms with Gasteiger partial charge in [-0.15, -0.1) is 0 Å². The van der Waals surface area contributed by atoms with Crippen molar-refractivity contribution in [2.75, 3.05) is 0 Å². The smallest absolute Gasteiger partial charge is 0.331 e. The first kappa shape index (κ1) is 20.6. The number of fused-ring (bicyclic) bond motifs is 2. The highest BCUT2D eigenvalue weighted by Gasteiger charge is 2.22. The molecular weight excluding hydrogens is 392 g/mol. The third-order valence-corrected chi connectivity index (χ3v) is 5.90. The Morgan fingerprint density at radius 3 is 2.68 bits per heavy atom. The summed E-state index contributed by atoms with van der Waals surface area (Å²) < 4.78 is 2.38. The molecule has 0 spiro atoms. The Labute approximate surface area is 179 Å². The van der Waals surface area contributed by atoms with Gasteiger partial charge in [-0.1, -0.05) is 42.8 Å². The van der Waals surface area contributed by atoms with Gasteiger partial charge in [-0.05, 0) is 48.6 Å². The minimum absolute atomic E-state index is 0.0307. The summed E-state index contributed by atoms with van der Waals surface area (Å²) in [5, 5.41) is 14.6. The molecule has 158 valence electrons. The number of rotatable bonds is 4. The van der Waals surface area contributed by atoms with Gasteiger partial charge in [0, 0.05) is 12.2 Å². The topological polar surface area (TPSA) is 96.9 Å². The summed E-state index contributed by atoms with van der Waals surface area (Å²) in [7, 11) is 0. The highest BCUT2D eigenvalue weighted by atomic mass is 16.2. The molecule has 3 aromatic rings. The Hall–Kier alpha value is -3.66. The van der Waals surface area contributed by atoms with Crippen molar-refractivity contribution >= 4 is 16.7 Å². The summed E-state index contributed by atoms with van der Waals surface area (Å²) in [5.74, 6) is -0.446. The fraction of sp³-hybridized carbons (Fsp3) is 0.333. The number of carbonyl (C=O) groups is 1. The van der Waals surface area contributed by atoms with Crippen LogP contribution < -0.4 is 16.6 Å². The minimum Gasteiger partial charge on any atom is -0.348 e. The van der Waals surface area contributed by atoms with Gasteiger partial charge < -0.3 is 5.32 Å². The second-order valence-corrected chi connectivity index (χ2v) is 7.97. The number of amides is 1. The Morgan fingerprint density at radius 2 is 1.90 bits per heavy atom. The Kier molecular flexibility index (Phi) is 5.72. The van der Waals surface area contributed by atoms with Crippen LogP contribution in [0.3, 0.4) is 0 Å². The fourth-order valence-corrected chi connectivity index (χ4v) is 4.21. The molecule has 0 fully saturated rings. The van der Waals surface area contributed by atoms with E-state index in [0.29, 0.717) is 18.7 Å². The van der Waals surface area contributed by atoms with E-state index in [1.807, 2.05) is 55.5 Å². The minimum atomic E-state index is -0.686. The summed E-state index contributed by atoms with van der Waals surface area (Å²) >= 11 is 0. The van der Waals surface area contributed by atoms with E-state index in [-0.39, 0.29) is 11.6 Å². The van der Waals surface area contributed by atoms with E-state index in [9.17, 15) is 19.6 Å². The van der Waals surface area contributed by atoms with Gasteiger partial charge in [-0.2, -0.15) is 5.26 Å². The molecule has 7 heteroatoms. The molecular formula is C24H24N4O3. The van der Waals surface area contributed by atoms with Crippen LogP contribution >= 0.6 is 0 Å². The SMILES string of the molecule is C[C@@H](NC(=O)Cn1c(=O)c(C#N)c2n(c1=O)CCCCC2)c1ccc2ccccc2c1. The van der Waals surface area contributed by atoms with Crippen molar-refractivity contribution in [3.05, 3.63) is 80.1 Å². The highest BCUT2D eigenvalue weighted by Crippen LogP contribution is 2.20. The van der Waals surface area contributed by atoms with Crippen LogP contribution in [0.2, 0.25) is 0 Å². The number of nitrogens with zero attached hydrogens (tertiary/aromatic N) is 3. The van der Waals surface area contributed by atoms with E-state index < -0.39 is 23.7 Å². The van der Waals surface area contributed by atoms with E-state index >= 15 is 0 Å². The molecule has 31 heavy (non-hydrogen) atoms. The van der Waals surface area contributed by atoms with Crippen LogP contribution in [0.25, 0.3) is 10.8 Å². The predicted molar refractivity (Wildman–Crippen MR) is 118 cm³/mol. The normalized spacial score (nSPS) is 14.3. The van der Waals surface area contributed by atoms with Gasteiger partial charge in [-0.25, -0.2) is 9.36 Å². The number of hydrogen-bond donors (Lipinski definition) is 1. The van der Waals surface area contributed by atoms with E-state index in [4.69, 9.17) is 0 Å². The summed E-state index contributed by atoms with van der Waals surface area (Å²) in [6.45, 7) is 1.90. The first-order valence-electron chi connectivity index (χ1n) is 10.5. The maximum absolute atomic E-state index is 12.9. The van der Waals surface area contributed by atoms with Crippen molar-refractivity contribution in [1.29, 1.82) is 5.26 Å². The molecule has 1 aliphatic rings. The number of benzene rings is 2. The third kappa shape index (κ3) is 4.02. The molecule has 1 amide bonds. The Balaban J connectivity index is 1.59. The Bertz CT molecular complexity index is 1310. The molecule has 0 radical (unpaired) electrons. The van der Waals surface area contributed by atoms with Gasteiger partial charge in [0.2, 0.25) is 5.91 Å².